The van der Waals surface area contributed by atoms with Gasteiger partial charge in [0.25, 0.3) is 0 Å². The average Bonchev–Trinajstić information content (AvgIpc) is 2.88. The number of hydrogen-bond acceptors (Lipinski definition) is 4. The molecule has 7 heteroatoms. The lowest BCUT2D eigenvalue weighted by Crippen LogP contribution is -2.39. The van der Waals surface area contributed by atoms with Crippen molar-refractivity contribution in [2.24, 2.45) is 11.7 Å². The molecule has 21 heavy (non-hydrogen) atoms. The lowest BCUT2D eigenvalue weighted by Gasteiger charge is -2.33. The molecular weight excluding hydrogens is 372 g/mol. The normalized spacial score (nSPS) is 23.7. The van der Waals surface area contributed by atoms with E-state index in [2.05, 4.69) is 22.9 Å². The fourth-order valence-electron chi connectivity index (χ4n) is 2.94. The van der Waals surface area contributed by atoms with Crippen molar-refractivity contribution in [3.8, 4) is 0 Å². The quantitative estimate of drug-likeness (QED) is 0.829. The van der Waals surface area contributed by atoms with E-state index in [1.54, 1.807) is 17.4 Å². The highest BCUT2D eigenvalue weighted by atomic mass is 79.9. The summed E-state index contributed by atoms with van der Waals surface area (Å²) in [5.74, 6) is 0.758. The van der Waals surface area contributed by atoms with Gasteiger partial charge >= 0.3 is 0 Å². The summed E-state index contributed by atoms with van der Waals surface area (Å²) < 4.78 is 27.8. The van der Waals surface area contributed by atoms with Crippen LogP contribution in [0.3, 0.4) is 0 Å². The molecule has 0 aromatic carbocycles. The molecular formula is C14H23BrN2O2S2. The first-order valence-corrected chi connectivity index (χ1v) is 10.4. The summed E-state index contributed by atoms with van der Waals surface area (Å²) in [5, 5.41) is 0. The molecule has 1 heterocycles. The molecule has 120 valence electrons. The summed E-state index contributed by atoms with van der Waals surface area (Å²) in [6.45, 7) is 2.58. The van der Waals surface area contributed by atoms with E-state index in [0.29, 0.717) is 15.2 Å². The third-order valence-corrected chi connectivity index (χ3v) is 8.66. The zero-order chi connectivity index (χ0) is 15.6. The molecule has 0 saturated heterocycles. The van der Waals surface area contributed by atoms with Crippen LogP contribution in [0.2, 0.25) is 0 Å². The molecule has 1 aromatic heterocycles. The lowest BCUT2D eigenvalue weighted by molar-refractivity contribution is 0.233. The second kappa shape index (κ2) is 7.08. The molecule has 1 saturated carbocycles. The predicted octanol–water partition coefficient (Wildman–Crippen LogP) is 3.56. The van der Waals surface area contributed by atoms with E-state index in [-0.39, 0.29) is 6.04 Å². The van der Waals surface area contributed by atoms with E-state index in [1.165, 1.54) is 17.8 Å². The maximum atomic E-state index is 12.8. The van der Waals surface area contributed by atoms with E-state index in [1.807, 2.05) is 0 Å². The van der Waals surface area contributed by atoms with Crippen molar-refractivity contribution in [3.63, 3.8) is 0 Å². The van der Waals surface area contributed by atoms with Crippen LogP contribution in [-0.4, -0.2) is 25.8 Å². The molecule has 1 aliphatic rings. The zero-order valence-electron chi connectivity index (χ0n) is 12.5. The number of halogens is 1. The summed E-state index contributed by atoms with van der Waals surface area (Å²) in [4.78, 5) is 1.23. The molecule has 0 radical (unpaired) electrons. The summed E-state index contributed by atoms with van der Waals surface area (Å²) in [6.07, 6.45) is 5.36. The van der Waals surface area contributed by atoms with Crippen LogP contribution in [0.5, 0.6) is 0 Å². The van der Waals surface area contributed by atoms with Crippen LogP contribution in [0.25, 0.3) is 0 Å². The molecule has 4 nitrogen and oxygen atoms in total. The molecule has 0 aliphatic heterocycles. The van der Waals surface area contributed by atoms with Gasteiger partial charge in [-0.25, -0.2) is 8.42 Å². The van der Waals surface area contributed by atoms with E-state index in [9.17, 15) is 8.42 Å². The van der Waals surface area contributed by atoms with E-state index in [4.69, 9.17) is 5.73 Å². The first-order valence-electron chi connectivity index (χ1n) is 7.36. The van der Waals surface area contributed by atoms with Gasteiger partial charge in [0, 0.05) is 24.5 Å². The SMILES string of the molecule is CCC1CCC(N(C)S(=O)(=O)c2cc(CN)sc2Br)CC1. The number of nitrogens with two attached hydrogens (primary N) is 1. The number of nitrogens with zero attached hydrogens (tertiary/aromatic N) is 1. The number of hydrogen-bond donors (Lipinski definition) is 1. The highest BCUT2D eigenvalue weighted by molar-refractivity contribution is 9.11. The molecule has 0 unspecified atom stereocenters. The van der Waals surface area contributed by atoms with Crippen molar-refractivity contribution in [3.05, 3.63) is 14.7 Å². The predicted molar refractivity (Wildman–Crippen MR) is 90.9 cm³/mol. The van der Waals surface area contributed by atoms with Gasteiger partial charge in [-0.1, -0.05) is 13.3 Å². The van der Waals surface area contributed by atoms with Crippen molar-refractivity contribution < 1.29 is 8.42 Å². The Bertz CT molecular complexity index is 578. The van der Waals surface area contributed by atoms with Crippen molar-refractivity contribution in [2.75, 3.05) is 7.05 Å². The summed E-state index contributed by atoms with van der Waals surface area (Å²) >= 11 is 4.76. The van der Waals surface area contributed by atoms with Crippen molar-refractivity contribution >= 4 is 37.3 Å². The summed E-state index contributed by atoms with van der Waals surface area (Å²) in [7, 11) is -1.73. The van der Waals surface area contributed by atoms with Gasteiger partial charge < -0.3 is 5.73 Å². The van der Waals surface area contributed by atoms with Gasteiger partial charge in [-0.15, -0.1) is 11.3 Å². The Hall–Kier alpha value is 0.0500. The zero-order valence-corrected chi connectivity index (χ0v) is 15.7. The first-order chi connectivity index (χ1) is 9.90. The maximum absolute atomic E-state index is 12.8. The Balaban J connectivity index is 2.17. The minimum absolute atomic E-state index is 0.117. The lowest BCUT2D eigenvalue weighted by atomic mass is 9.85. The fourth-order valence-corrected chi connectivity index (χ4v) is 6.87. The topological polar surface area (TPSA) is 63.4 Å². The van der Waals surface area contributed by atoms with Gasteiger partial charge in [-0.2, -0.15) is 4.31 Å². The largest absolute Gasteiger partial charge is 0.326 e. The Labute approximate surface area is 139 Å². The van der Waals surface area contributed by atoms with Crippen LogP contribution in [0, 0.1) is 5.92 Å². The van der Waals surface area contributed by atoms with Crippen LogP contribution in [0.4, 0.5) is 0 Å². The second-order valence-electron chi connectivity index (χ2n) is 5.66. The number of thiophene rings is 1. The Kier molecular flexibility index (Phi) is 5.87. The monoisotopic (exact) mass is 394 g/mol. The van der Waals surface area contributed by atoms with Gasteiger partial charge in [0.1, 0.15) is 4.90 Å². The van der Waals surface area contributed by atoms with Gasteiger partial charge in [-0.3, -0.25) is 0 Å². The van der Waals surface area contributed by atoms with E-state index >= 15 is 0 Å². The van der Waals surface area contributed by atoms with Crippen LogP contribution in [0.1, 0.15) is 43.9 Å². The third-order valence-electron chi connectivity index (χ3n) is 4.47. The van der Waals surface area contributed by atoms with Crippen LogP contribution in [-0.2, 0) is 16.6 Å². The molecule has 0 atom stereocenters. The number of rotatable bonds is 5. The minimum atomic E-state index is -3.44. The molecule has 1 aliphatic carbocycles. The standard InChI is InChI=1S/C14H23BrN2O2S2/c1-3-10-4-6-11(7-5-10)17(2)21(18,19)13-8-12(9-16)20-14(13)15/h8,10-11H,3-7,9,16H2,1-2H3. The van der Waals surface area contributed by atoms with E-state index in [0.717, 1.165) is 36.5 Å². The summed E-state index contributed by atoms with van der Waals surface area (Å²) in [5.41, 5.74) is 5.61. The molecule has 0 amide bonds. The molecule has 2 rings (SSSR count). The summed E-state index contributed by atoms with van der Waals surface area (Å²) in [6, 6.07) is 1.81. The minimum Gasteiger partial charge on any atom is -0.326 e. The highest BCUT2D eigenvalue weighted by Crippen LogP contribution is 2.36. The Morgan fingerprint density at radius 1 is 1.38 bits per heavy atom. The van der Waals surface area contributed by atoms with Gasteiger partial charge in [-0.05, 0) is 53.6 Å². The maximum Gasteiger partial charge on any atom is 0.245 e. The fraction of sp³-hybridized carbons (Fsp3) is 0.714. The van der Waals surface area contributed by atoms with Gasteiger partial charge in [0.15, 0.2) is 0 Å². The van der Waals surface area contributed by atoms with Gasteiger partial charge in [0.2, 0.25) is 10.0 Å². The van der Waals surface area contributed by atoms with Crippen molar-refractivity contribution in [1.29, 1.82) is 0 Å². The molecule has 0 spiro atoms. The Morgan fingerprint density at radius 2 is 2.00 bits per heavy atom. The van der Waals surface area contributed by atoms with Crippen LogP contribution >= 0.6 is 27.3 Å². The number of sulfonamides is 1. The smallest absolute Gasteiger partial charge is 0.245 e. The van der Waals surface area contributed by atoms with Crippen molar-refractivity contribution in [2.45, 2.75) is 56.5 Å². The van der Waals surface area contributed by atoms with Crippen LogP contribution in [0.15, 0.2) is 14.7 Å². The molecule has 1 aromatic rings. The first kappa shape index (κ1) is 17.4. The third kappa shape index (κ3) is 3.69. The van der Waals surface area contributed by atoms with E-state index < -0.39 is 10.0 Å². The second-order valence-corrected chi connectivity index (χ2v) is 10.1. The molecule has 0 bridgehead atoms. The molecule has 1 fully saturated rings. The van der Waals surface area contributed by atoms with Crippen molar-refractivity contribution in [1.82, 2.24) is 4.31 Å². The molecule has 2 N–H and O–H groups in total. The average molecular weight is 395 g/mol. The Morgan fingerprint density at radius 3 is 2.48 bits per heavy atom. The van der Waals surface area contributed by atoms with Gasteiger partial charge in [0.05, 0.1) is 3.79 Å². The van der Waals surface area contributed by atoms with Crippen LogP contribution < -0.4 is 5.73 Å². The highest BCUT2D eigenvalue weighted by Gasteiger charge is 2.33.